The number of fused-ring (bicyclic) bond motifs is 1. The highest BCUT2D eigenvalue weighted by molar-refractivity contribution is 6.30. The minimum atomic E-state index is -0.810. The van der Waals surface area contributed by atoms with Crippen molar-refractivity contribution < 1.29 is 19.1 Å². The number of ether oxygens (including phenoxy) is 2. The Morgan fingerprint density at radius 3 is 2.65 bits per heavy atom. The molecule has 1 atom stereocenters. The summed E-state index contributed by atoms with van der Waals surface area (Å²) >= 11 is 5.79. The molecule has 1 aliphatic rings. The summed E-state index contributed by atoms with van der Waals surface area (Å²) < 4.78 is 11.0. The van der Waals surface area contributed by atoms with Gasteiger partial charge in [-0.05, 0) is 29.8 Å². The first-order valence-corrected chi connectivity index (χ1v) is 8.23. The van der Waals surface area contributed by atoms with Crippen LogP contribution in [0.25, 0.3) is 0 Å². The molecule has 0 saturated carbocycles. The fourth-order valence-electron chi connectivity index (χ4n) is 2.20. The zero-order chi connectivity index (χ0) is 18.4. The highest BCUT2D eigenvalue weighted by Crippen LogP contribution is 2.30. The molecule has 8 heteroatoms. The first-order chi connectivity index (χ1) is 12.6. The van der Waals surface area contributed by atoms with E-state index in [0.29, 0.717) is 16.5 Å². The molecule has 3 rings (SSSR count). The SMILES string of the molecule is O=C(CNC(=O)C1COc2ccccc2O1)N/N=C/c1ccc(Cl)cc1. The predicted octanol–water partition coefficient (Wildman–Crippen LogP) is 1.75. The maximum absolute atomic E-state index is 12.1. The minimum absolute atomic E-state index is 0.0825. The van der Waals surface area contributed by atoms with Crippen molar-refractivity contribution in [3.05, 3.63) is 59.1 Å². The zero-order valence-corrected chi connectivity index (χ0v) is 14.4. The van der Waals surface area contributed by atoms with Crippen LogP contribution in [-0.4, -0.2) is 37.3 Å². The number of hydrogen-bond acceptors (Lipinski definition) is 5. The molecule has 1 unspecified atom stereocenters. The zero-order valence-electron chi connectivity index (χ0n) is 13.6. The van der Waals surface area contributed by atoms with Crippen LogP contribution in [0.5, 0.6) is 11.5 Å². The van der Waals surface area contributed by atoms with E-state index in [1.165, 1.54) is 6.21 Å². The summed E-state index contributed by atoms with van der Waals surface area (Å²) in [5, 5.41) is 6.92. The smallest absolute Gasteiger partial charge is 0.265 e. The van der Waals surface area contributed by atoms with E-state index >= 15 is 0 Å². The number of hydrogen-bond donors (Lipinski definition) is 2. The molecule has 0 radical (unpaired) electrons. The molecule has 2 N–H and O–H groups in total. The van der Waals surface area contributed by atoms with Crippen molar-refractivity contribution in [1.29, 1.82) is 0 Å². The molecule has 0 saturated heterocycles. The molecule has 2 aromatic carbocycles. The summed E-state index contributed by atoms with van der Waals surface area (Å²) in [7, 11) is 0. The lowest BCUT2D eigenvalue weighted by Crippen LogP contribution is -2.46. The van der Waals surface area contributed by atoms with Crippen molar-refractivity contribution in [3.63, 3.8) is 0 Å². The van der Waals surface area contributed by atoms with Gasteiger partial charge >= 0.3 is 0 Å². The Hall–Kier alpha value is -3.06. The second-order valence-corrected chi connectivity index (χ2v) is 5.86. The monoisotopic (exact) mass is 373 g/mol. The lowest BCUT2D eigenvalue weighted by Gasteiger charge is -2.25. The van der Waals surface area contributed by atoms with E-state index in [9.17, 15) is 9.59 Å². The molecule has 0 fully saturated rings. The average molecular weight is 374 g/mol. The first-order valence-electron chi connectivity index (χ1n) is 7.85. The minimum Gasteiger partial charge on any atom is -0.485 e. The van der Waals surface area contributed by atoms with Gasteiger partial charge in [0.15, 0.2) is 11.5 Å². The number of nitrogens with zero attached hydrogens (tertiary/aromatic N) is 1. The Kier molecular flexibility index (Phi) is 5.70. The van der Waals surface area contributed by atoms with Crippen LogP contribution in [0.1, 0.15) is 5.56 Å². The van der Waals surface area contributed by atoms with E-state index in [1.807, 2.05) is 6.07 Å². The maximum atomic E-state index is 12.1. The van der Waals surface area contributed by atoms with Gasteiger partial charge in [-0.25, -0.2) is 5.43 Å². The Morgan fingerprint density at radius 1 is 1.15 bits per heavy atom. The van der Waals surface area contributed by atoms with Crippen molar-refractivity contribution in [2.75, 3.05) is 13.2 Å². The number of benzene rings is 2. The lowest BCUT2D eigenvalue weighted by atomic mass is 10.2. The first kappa shape index (κ1) is 17.8. The number of hydrazone groups is 1. The van der Waals surface area contributed by atoms with E-state index in [1.54, 1.807) is 42.5 Å². The number of para-hydroxylation sites is 2. The molecule has 2 amide bonds. The predicted molar refractivity (Wildman–Crippen MR) is 96.6 cm³/mol. The average Bonchev–Trinajstić information content (AvgIpc) is 2.67. The molecule has 7 nitrogen and oxygen atoms in total. The fraction of sp³-hybridized carbons (Fsp3) is 0.167. The van der Waals surface area contributed by atoms with E-state index < -0.39 is 17.9 Å². The van der Waals surface area contributed by atoms with Crippen LogP contribution in [0.3, 0.4) is 0 Å². The molecule has 0 bridgehead atoms. The Bertz CT molecular complexity index is 823. The van der Waals surface area contributed by atoms with Gasteiger partial charge in [-0.3, -0.25) is 9.59 Å². The van der Waals surface area contributed by atoms with Crippen LogP contribution in [0, 0.1) is 0 Å². The molecular weight excluding hydrogens is 358 g/mol. The molecule has 0 aliphatic carbocycles. The van der Waals surface area contributed by atoms with Crippen molar-refractivity contribution >= 4 is 29.6 Å². The van der Waals surface area contributed by atoms with E-state index in [0.717, 1.165) is 5.56 Å². The summed E-state index contributed by atoms with van der Waals surface area (Å²) in [6, 6.07) is 14.0. The second-order valence-electron chi connectivity index (χ2n) is 5.43. The topological polar surface area (TPSA) is 89.0 Å². The van der Waals surface area contributed by atoms with Gasteiger partial charge in [-0.15, -0.1) is 0 Å². The molecular formula is C18H16ClN3O4. The number of carbonyl (C=O) groups is 2. The van der Waals surface area contributed by atoms with Crippen molar-refractivity contribution in [2.45, 2.75) is 6.10 Å². The molecule has 0 aromatic heterocycles. The largest absolute Gasteiger partial charge is 0.485 e. The summed E-state index contributed by atoms with van der Waals surface area (Å²) in [5.74, 6) is 0.193. The second kappa shape index (κ2) is 8.35. The van der Waals surface area contributed by atoms with Crippen LogP contribution in [0.4, 0.5) is 0 Å². The van der Waals surface area contributed by atoms with Gasteiger partial charge in [0, 0.05) is 5.02 Å². The van der Waals surface area contributed by atoms with Crippen molar-refractivity contribution in [1.82, 2.24) is 10.7 Å². The number of carbonyl (C=O) groups excluding carboxylic acids is 2. The third-order valence-electron chi connectivity index (χ3n) is 3.50. The Morgan fingerprint density at radius 2 is 1.88 bits per heavy atom. The van der Waals surface area contributed by atoms with Crippen LogP contribution >= 0.6 is 11.6 Å². The summed E-state index contributed by atoms with van der Waals surface area (Å²) in [6.45, 7) is -0.141. The molecule has 1 heterocycles. The number of nitrogens with one attached hydrogen (secondary N) is 2. The Labute approximate surface area is 154 Å². The van der Waals surface area contributed by atoms with Gasteiger partial charge in [0.05, 0.1) is 12.8 Å². The molecule has 0 spiro atoms. The number of amides is 2. The summed E-state index contributed by atoms with van der Waals surface area (Å²) in [4.78, 5) is 23.8. The van der Waals surface area contributed by atoms with Crippen molar-refractivity contribution in [2.24, 2.45) is 5.10 Å². The van der Waals surface area contributed by atoms with Crippen LogP contribution in [0.2, 0.25) is 5.02 Å². The molecule has 134 valence electrons. The van der Waals surface area contributed by atoms with Crippen molar-refractivity contribution in [3.8, 4) is 11.5 Å². The van der Waals surface area contributed by atoms with Gasteiger partial charge in [0.1, 0.15) is 6.61 Å². The quantitative estimate of drug-likeness (QED) is 0.617. The normalized spacial score (nSPS) is 15.5. The molecule has 1 aliphatic heterocycles. The molecule has 2 aromatic rings. The maximum Gasteiger partial charge on any atom is 0.265 e. The number of halogens is 1. The summed E-state index contributed by atoms with van der Waals surface area (Å²) in [5.41, 5.74) is 3.11. The number of rotatable bonds is 5. The van der Waals surface area contributed by atoms with Gasteiger partial charge in [-0.2, -0.15) is 5.10 Å². The highest BCUT2D eigenvalue weighted by atomic mass is 35.5. The standard InChI is InChI=1S/C18H16ClN3O4/c19-13-7-5-12(6-8-13)9-21-22-17(23)10-20-18(24)16-11-25-14-3-1-2-4-15(14)26-16/h1-9,16H,10-11H2,(H,20,24)(H,22,23)/b21-9+. The van der Waals surface area contributed by atoms with E-state index in [4.69, 9.17) is 21.1 Å². The molecule has 26 heavy (non-hydrogen) atoms. The van der Waals surface area contributed by atoms with E-state index in [-0.39, 0.29) is 13.2 Å². The third-order valence-corrected chi connectivity index (χ3v) is 3.75. The van der Waals surface area contributed by atoms with E-state index in [2.05, 4.69) is 15.8 Å². The van der Waals surface area contributed by atoms with Gasteiger partial charge in [0.25, 0.3) is 11.8 Å². The van der Waals surface area contributed by atoms with Gasteiger partial charge in [0.2, 0.25) is 6.10 Å². The highest BCUT2D eigenvalue weighted by Gasteiger charge is 2.27. The van der Waals surface area contributed by atoms with Crippen LogP contribution < -0.4 is 20.2 Å². The fourth-order valence-corrected chi connectivity index (χ4v) is 2.32. The van der Waals surface area contributed by atoms with Gasteiger partial charge < -0.3 is 14.8 Å². The van der Waals surface area contributed by atoms with Gasteiger partial charge in [-0.1, -0.05) is 35.9 Å². The van der Waals surface area contributed by atoms with Crippen LogP contribution in [-0.2, 0) is 9.59 Å². The summed E-state index contributed by atoms with van der Waals surface area (Å²) in [6.07, 6.45) is 0.667. The lowest BCUT2D eigenvalue weighted by molar-refractivity contribution is -0.132. The Balaban J connectivity index is 1.43. The third kappa shape index (κ3) is 4.73. The van der Waals surface area contributed by atoms with Crippen LogP contribution in [0.15, 0.2) is 53.6 Å².